The molecule has 0 atom stereocenters. The number of carboxylic acid groups (broad SMARTS) is 2. The molecule has 0 aliphatic heterocycles. The Balaban J connectivity index is 1.55. The number of Topliss-reactive ketones (excluding diaryl/α,β-unsaturated/α-hetero) is 1. The number of carbonyl (C=O) groups excluding carboxylic acids is 1. The van der Waals surface area contributed by atoms with E-state index in [2.05, 4.69) is 25.6 Å². The number of benzene rings is 2. The summed E-state index contributed by atoms with van der Waals surface area (Å²) in [5.74, 6) is -3.14. The average molecular weight is 622 g/mol. The number of alkyl halides is 3. The Labute approximate surface area is 251 Å². The predicted octanol–water partition coefficient (Wildman–Crippen LogP) is 4.26. The minimum absolute atomic E-state index is 0.0180. The number of carboxylic acids is 2. The third-order valence-electron chi connectivity index (χ3n) is 6.73. The van der Waals surface area contributed by atoms with Crippen molar-refractivity contribution in [3.05, 3.63) is 88.7 Å². The van der Waals surface area contributed by atoms with Gasteiger partial charge < -0.3 is 15.3 Å². The first-order valence-electron chi connectivity index (χ1n) is 13.2. The van der Waals surface area contributed by atoms with Crippen LogP contribution in [0.5, 0.6) is 0 Å². The number of carbonyl (C=O) groups is 3. The third kappa shape index (κ3) is 6.45. The molecular weight excluding hydrogens is 599 g/mol. The molecule has 0 saturated carbocycles. The minimum Gasteiger partial charge on any atom is -0.478 e. The fourth-order valence-electron chi connectivity index (χ4n) is 4.48. The van der Waals surface area contributed by atoms with Crippen LogP contribution in [0, 0.1) is 6.92 Å². The second-order valence-corrected chi connectivity index (χ2v) is 9.81. The van der Waals surface area contributed by atoms with Gasteiger partial charge in [-0.25, -0.2) is 23.9 Å². The van der Waals surface area contributed by atoms with Crippen LogP contribution in [0.3, 0.4) is 0 Å². The molecule has 3 aromatic heterocycles. The van der Waals surface area contributed by atoms with Crippen molar-refractivity contribution in [1.82, 2.24) is 35.0 Å². The number of aryl methyl sites for hydroxylation is 1. The maximum absolute atomic E-state index is 13.6. The molecular formula is C29H22F3N7O6. The Morgan fingerprint density at radius 3 is 1.80 bits per heavy atom. The van der Waals surface area contributed by atoms with Gasteiger partial charge in [0.15, 0.2) is 5.78 Å². The molecule has 16 heteroatoms. The minimum atomic E-state index is -4.94. The van der Waals surface area contributed by atoms with Crippen molar-refractivity contribution in [2.24, 2.45) is 0 Å². The summed E-state index contributed by atoms with van der Waals surface area (Å²) in [5, 5.41) is 43.8. The summed E-state index contributed by atoms with van der Waals surface area (Å²) in [6, 6.07) is 10.1. The zero-order valence-corrected chi connectivity index (χ0v) is 23.2. The molecule has 13 nitrogen and oxygen atoms in total. The zero-order valence-electron chi connectivity index (χ0n) is 23.2. The first kappa shape index (κ1) is 30.7. The fraction of sp³-hybridized carbons (Fsp3) is 0.172. The molecule has 0 radical (unpaired) electrons. The Bertz CT molecular complexity index is 1950. The van der Waals surface area contributed by atoms with Crippen LogP contribution in [0.1, 0.15) is 55.0 Å². The third-order valence-corrected chi connectivity index (χ3v) is 6.73. The van der Waals surface area contributed by atoms with Crippen LogP contribution in [0.25, 0.3) is 34.2 Å². The summed E-state index contributed by atoms with van der Waals surface area (Å²) in [7, 11) is 0. The van der Waals surface area contributed by atoms with Gasteiger partial charge in [-0.3, -0.25) is 4.79 Å². The lowest BCUT2D eigenvalue weighted by Gasteiger charge is -2.11. The van der Waals surface area contributed by atoms with Crippen LogP contribution in [0.2, 0.25) is 0 Å². The highest BCUT2D eigenvalue weighted by Crippen LogP contribution is 2.34. The van der Waals surface area contributed by atoms with Gasteiger partial charge in [-0.05, 0) is 67.4 Å². The van der Waals surface area contributed by atoms with Gasteiger partial charge in [-0.1, -0.05) is 10.4 Å². The first-order valence-corrected chi connectivity index (χ1v) is 13.2. The number of rotatable bonds is 10. The SMILES string of the molecule is Cc1cc(-n2cc(-c3cc(C(=O)CCCO)cc(-c4cn(-c5ccc(C(=O)O)c(C(F)(F)F)c5)nn4)n3)nn2)ccc1C(=O)O. The smallest absolute Gasteiger partial charge is 0.417 e. The highest BCUT2D eigenvalue weighted by Gasteiger charge is 2.36. The maximum Gasteiger partial charge on any atom is 0.417 e. The second kappa shape index (κ2) is 12.1. The van der Waals surface area contributed by atoms with Crippen molar-refractivity contribution in [3.8, 4) is 34.2 Å². The van der Waals surface area contributed by atoms with Crippen LogP contribution in [0.4, 0.5) is 13.2 Å². The molecule has 0 spiro atoms. The highest BCUT2D eigenvalue weighted by atomic mass is 19.4. The van der Waals surface area contributed by atoms with E-state index in [1.165, 1.54) is 35.3 Å². The molecule has 5 rings (SSSR count). The maximum atomic E-state index is 13.6. The van der Waals surface area contributed by atoms with Crippen molar-refractivity contribution >= 4 is 17.7 Å². The number of ketones is 1. The van der Waals surface area contributed by atoms with E-state index >= 15 is 0 Å². The van der Waals surface area contributed by atoms with Gasteiger partial charge in [0.2, 0.25) is 0 Å². The average Bonchev–Trinajstić information content (AvgIpc) is 3.70. The molecule has 0 fully saturated rings. The number of halogens is 3. The fourth-order valence-corrected chi connectivity index (χ4v) is 4.48. The zero-order chi connectivity index (χ0) is 32.5. The molecule has 45 heavy (non-hydrogen) atoms. The number of aromatic nitrogens is 7. The first-order chi connectivity index (χ1) is 21.3. The molecule has 5 aromatic rings. The van der Waals surface area contributed by atoms with Crippen molar-refractivity contribution < 1.29 is 42.9 Å². The van der Waals surface area contributed by atoms with E-state index in [1.54, 1.807) is 19.1 Å². The van der Waals surface area contributed by atoms with E-state index in [4.69, 9.17) is 0 Å². The van der Waals surface area contributed by atoms with Crippen molar-refractivity contribution in [2.75, 3.05) is 6.61 Å². The van der Waals surface area contributed by atoms with Gasteiger partial charge in [0.1, 0.15) is 11.4 Å². The summed E-state index contributed by atoms with van der Waals surface area (Å²) < 4.78 is 43.1. The molecule has 3 N–H and O–H groups in total. The molecule has 230 valence electrons. The number of aliphatic hydroxyl groups excluding tert-OH is 1. The largest absolute Gasteiger partial charge is 0.478 e. The van der Waals surface area contributed by atoms with E-state index in [1.807, 2.05) is 0 Å². The number of nitrogens with zero attached hydrogens (tertiary/aromatic N) is 7. The van der Waals surface area contributed by atoms with Crippen LogP contribution in [-0.2, 0) is 6.18 Å². The van der Waals surface area contributed by atoms with E-state index in [0.717, 1.165) is 16.8 Å². The van der Waals surface area contributed by atoms with Gasteiger partial charge >= 0.3 is 18.1 Å². The van der Waals surface area contributed by atoms with E-state index in [-0.39, 0.29) is 64.8 Å². The standard InChI is InChI=1S/C29H22F3N7O6/c1-15-9-17(4-6-19(15)27(42)43)38-13-24(34-36-38)22-10-16(26(41)3-2-8-40)11-23(33-22)25-14-39(37-35-25)18-5-7-20(28(44)45)21(12-18)29(30,31)32/h4-7,9-14,40H,2-3,8H2,1H3,(H,42,43)(H,44,45). The van der Waals surface area contributed by atoms with Crippen LogP contribution >= 0.6 is 0 Å². The predicted molar refractivity (Wildman–Crippen MR) is 149 cm³/mol. The van der Waals surface area contributed by atoms with Gasteiger partial charge in [-0.15, -0.1) is 10.2 Å². The normalized spacial score (nSPS) is 11.5. The Hall–Kier alpha value is -5.77. The van der Waals surface area contributed by atoms with Gasteiger partial charge in [-0.2, -0.15) is 13.2 Å². The van der Waals surface area contributed by atoms with E-state index < -0.39 is 29.2 Å². The number of aliphatic hydroxyl groups is 1. The quantitative estimate of drug-likeness (QED) is 0.189. The molecule has 0 aliphatic carbocycles. The van der Waals surface area contributed by atoms with Crippen LogP contribution in [-0.4, -0.2) is 74.6 Å². The highest BCUT2D eigenvalue weighted by molar-refractivity contribution is 5.97. The van der Waals surface area contributed by atoms with Gasteiger partial charge in [0.25, 0.3) is 0 Å². The van der Waals surface area contributed by atoms with Gasteiger partial charge in [0, 0.05) is 18.6 Å². The Kier molecular flexibility index (Phi) is 8.24. The molecule has 0 unspecified atom stereocenters. The molecule has 0 aliphatic rings. The van der Waals surface area contributed by atoms with Crippen molar-refractivity contribution in [3.63, 3.8) is 0 Å². The van der Waals surface area contributed by atoms with Crippen LogP contribution < -0.4 is 0 Å². The summed E-state index contributed by atoms with van der Waals surface area (Å²) >= 11 is 0. The number of hydrogen-bond acceptors (Lipinski definition) is 9. The topological polar surface area (TPSA) is 186 Å². The second-order valence-electron chi connectivity index (χ2n) is 9.81. The summed E-state index contributed by atoms with van der Waals surface area (Å²) in [5.41, 5.74) is -0.432. The van der Waals surface area contributed by atoms with E-state index in [0.29, 0.717) is 17.3 Å². The van der Waals surface area contributed by atoms with Crippen molar-refractivity contribution in [2.45, 2.75) is 25.9 Å². The summed E-state index contributed by atoms with van der Waals surface area (Å²) in [6.07, 6.45) is -1.93. The van der Waals surface area contributed by atoms with Gasteiger partial charge in [0.05, 0.1) is 51.8 Å². The Morgan fingerprint density at radius 1 is 0.778 bits per heavy atom. The molecule has 0 bridgehead atoms. The molecule has 0 saturated heterocycles. The van der Waals surface area contributed by atoms with Crippen molar-refractivity contribution in [1.29, 1.82) is 0 Å². The lowest BCUT2D eigenvalue weighted by molar-refractivity contribution is -0.138. The Morgan fingerprint density at radius 2 is 1.31 bits per heavy atom. The summed E-state index contributed by atoms with van der Waals surface area (Å²) in [4.78, 5) is 40.2. The van der Waals surface area contributed by atoms with E-state index in [9.17, 15) is 42.9 Å². The number of aromatic carboxylic acids is 2. The molecule has 2 aromatic carbocycles. The van der Waals surface area contributed by atoms with Crippen LogP contribution in [0.15, 0.2) is 60.9 Å². The lowest BCUT2D eigenvalue weighted by Crippen LogP contribution is -2.14. The summed E-state index contributed by atoms with van der Waals surface area (Å²) in [6.45, 7) is 1.43. The molecule has 3 heterocycles. The lowest BCUT2D eigenvalue weighted by atomic mass is 10.0. The monoisotopic (exact) mass is 621 g/mol. The molecule has 0 amide bonds. The number of pyridine rings is 1. The number of hydrogen-bond donors (Lipinski definition) is 3.